The van der Waals surface area contributed by atoms with E-state index in [0.29, 0.717) is 16.1 Å². The third-order valence-electron chi connectivity index (χ3n) is 3.28. The third kappa shape index (κ3) is 4.59. The summed E-state index contributed by atoms with van der Waals surface area (Å²) in [5.74, 6) is 1.62. The zero-order valence-electron chi connectivity index (χ0n) is 11.2. The molecule has 3 nitrogen and oxygen atoms in total. The van der Waals surface area contributed by atoms with Crippen LogP contribution >= 0.6 is 23.2 Å². The fraction of sp³-hybridized carbons (Fsp3) is 0.500. The summed E-state index contributed by atoms with van der Waals surface area (Å²) < 4.78 is 0. The average Bonchev–Trinajstić information content (AvgIpc) is 3.02. The molecule has 0 amide bonds. The molecule has 2 unspecified atom stereocenters. The Morgan fingerprint density at radius 3 is 2.47 bits per heavy atom. The minimum absolute atomic E-state index is 0.576. The third-order valence-corrected chi connectivity index (χ3v) is 3.72. The molecule has 0 aromatic heterocycles. The molecule has 2 N–H and O–H groups in total. The largest absolute Gasteiger partial charge is 0.356 e. The van der Waals surface area contributed by atoms with Crippen LogP contribution < -0.4 is 10.6 Å². The monoisotopic (exact) mass is 299 g/mol. The molecule has 0 bridgehead atoms. The Morgan fingerprint density at radius 2 is 1.95 bits per heavy atom. The number of halogens is 2. The molecule has 1 aromatic carbocycles. The molecule has 1 aliphatic rings. The van der Waals surface area contributed by atoms with Crippen molar-refractivity contribution in [1.29, 1.82) is 0 Å². The van der Waals surface area contributed by atoms with Gasteiger partial charge in [-0.2, -0.15) is 0 Å². The number of hydrogen-bond donors (Lipinski definition) is 2. The Bertz CT molecular complexity index is 454. The first-order valence-electron chi connectivity index (χ1n) is 6.50. The van der Waals surface area contributed by atoms with E-state index in [9.17, 15) is 0 Å². The molecule has 5 heteroatoms. The number of aliphatic imine (C=N–C) groups is 1. The van der Waals surface area contributed by atoms with E-state index in [-0.39, 0.29) is 0 Å². The lowest BCUT2D eigenvalue weighted by Crippen LogP contribution is -2.39. The van der Waals surface area contributed by atoms with Gasteiger partial charge in [0.15, 0.2) is 5.96 Å². The number of rotatable bonds is 4. The van der Waals surface area contributed by atoms with Crippen molar-refractivity contribution >= 4 is 29.2 Å². The van der Waals surface area contributed by atoms with E-state index in [2.05, 4.69) is 22.5 Å². The highest BCUT2D eigenvalue weighted by Crippen LogP contribution is 2.28. The van der Waals surface area contributed by atoms with Crippen molar-refractivity contribution < 1.29 is 0 Å². The number of benzene rings is 1. The smallest absolute Gasteiger partial charge is 0.191 e. The van der Waals surface area contributed by atoms with Gasteiger partial charge in [-0.3, -0.25) is 4.99 Å². The molecule has 19 heavy (non-hydrogen) atoms. The van der Waals surface area contributed by atoms with E-state index >= 15 is 0 Å². The van der Waals surface area contributed by atoms with Crippen molar-refractivity contribution in [2.45, 2.75) is 25.8 Å². The molecule has 0 saturated heterocycles. The minimum atomic E-state index is 0.576. The quantitative estimate of drug-likeness (QED) is 0.662. The van der Waals surface area contributed by atoms with Crippen molar-refractivity contribution in [3.8, 4) is 0 Å². The average molecular weight is 300 g/mol. The van der Waals surface area contributed by atoms with Gasteiger partial charge in [0, 0.05) is 29.7 Å². The van der Waals surface area contributed by atoms with Crippen molar-refractivity contribution in [1.82, 2.24) is 10.6 Å². The van der Waals surface area contributed by atoms with Crippen LogP contribution in [0.1, 0.15) is 18.9 Å². The summed E-state index contributed by atoms with van der Waals surface area (Å²) in [6, 6.07) is 6.20. The Hall–Kier alpha value is -0.930. The van der Waals surface area contributed by atoms with Gasteiger partial charge in [-0.15, -0.1) is 0 Å². The van der Waals surface area contributed by atoms with Gasteiger partial charge in [-0.05, 0) is 42.5 Å². The van der Waals surface area contributed by atoms with Crippen LogP contribution in [0, 0.1) is 5.92 Å². The molecular formula is C14H19Cl2N3. The molecule has 0 heterocycles. The lowest BCUT2D eigenvalue weighted by molar-refractivity contribution is 0.758. The van der Waals surface area contributed by atoms with Crippen molar-refractivity contribution in [3.63, 3.8) is 0 Å². The molecule has 2 rings (SSSR count). The van der Waals surface area contributed by atoms with Crippen LogP contribution in [-0.4, -0.2) is 25.6 Å². The summed E-state index contributed by atoms with van der Waals surface area (Å²) in [5, 5.41) is 8.04. The van der Waals surface area contributed by atoms with Crippen LogP contribution in [0.4, 0.5) is 0 Å². The highest BCUT2D eigenvalue weighted by atomic mass is 35.5. The molecule has 1 aliphatic carbocycles. The highest BCUT2D eigenvalue weighted by Gasteiger charge is 2.33. The van der Waals surface area contributed by atoms with Crippen LogP contribution in [0.15, 0.2) is 23.2 Å². The van der Waals surface area contributed by atoms with Crippen LogP contribution in [0.3, 0.4) is 0 Å². The van der Waals surface area contributed by atoms with Gasteiger partial charge in [-0.25, -0.2) is 0 Å². The summed E-state index contributed by atoms with van der Waals surface area (Å²) in [5.41, 5.74) is 1.13. The molecule has 1 fully saturated rings. The highest BCUT2D eigenvalue weighted by molar-refractivity contribution is 6.34. The van der Waals surface area contributed by atoms with Gasteiger partial charge in [0.05, 0.1) is 0 Å². The van der Waals surface area contributed by atoms with Crippen LogP contribution in [0.2, 0.25) is 10.0 Å². The lowest BCUT2D eigenvalue weighted by atomic mass is 10.1. The maximum Gasteiger partial charge on any atom is 0.191 e. The SMILES string of the molecule is CN=C(NCCc1cc(Cl)cc(Cl)c1)NC1CC1C. The van der Waals surface area contributed by atoms with Gasteiger partial charge in [-0.1, -0.05) is 30.1 Å². The molecule has 0 spiro atoms. The fourth-order valence-electron chi connectivity index (χ4n) is 1.97. The van der Waals surface area contributed by atoms with Crippen molar-refractivity contribution in [3.05, 3.63) is 33.8 Å². The van der Waals surface area contributed by atoms with E-state index in [1.54, 1.807) is 13.1 Å². The molecule has 1 saturated carbocycles. The fourth-order valence-corrected chi connectivity index (χ4v) is 2.55. The number of guanidine groups is 1. The predicted molar refractivity (Wildman–Crippen MR) is 82.2 cm³/mol. The van der Waals surface area contributed by atoms with Crippen LogP contribution in [0.25, 0.3) is 0 Å². The lowest BCUT2D eigenvalue weighted by Gasteiger charge is -2.11. The number of nitrogens with zero attached hydrogens (tertiary/aromatic N) is 1. The van der Waals surface area contributed by atoms with Crippen LogP contribution in [-0.2, 0) is 6.42 Å². The molecule has 2 atom stereocenters. The standard InChI is InChI=1S/C14H19Cl2N3/c1-9-5-13(9)19-14(17-2)18-4-3-10-6-11(15)8-12(16)7-10/h6-9,13H,3-5H2,1-2H3,(H2,17,18,19). The maximum absolute atomic E-state index is 5.97. The van der Waals surface area contributed by atoms with E-state index in [1.807, 2.05) is 12.1 Å². The van der Waals surface area contributed by atoms with Gasteiger partial charge >= 0.3 is 0 Å². The zero-order valence-corrected chi connectivity index (χ0v) is 12.7. The second-order valence-corrected chi connectivity index (χ2v) is 5.86. The van der Waals surface area contributed by atoms with Crippen LogP contribution in [0.5, 0.6) is 0 Å². The summed E-state index contributed by atoms with van der Waals surface area (Å²) in [7, 11) is 1.79. The Kier molecular flexibility index (Phi) is 4.94. The van der Waals surface area contributed by atoms with E-state index in [4.69, 9.17) is 23.2 Å². The molecular weight excluding hydrogens is 281 g/mol. The Morgan fingerprint density at radius 1 is 1.32 bits per heavy atom. The van der Waals surface area contributed by atoms with Gasteiger partial charge in [0.1, 0.15) is 0 Å². The van der Waals surface area contributed by atoms with E-state index in [0.717, 1.165) is 30.4 Å². The van der Waals surface area contributed by atoms with Crippen molar-refractivity contribution in [2.75, 3.05) is 13.6 Å². The zero-order chi connectivity index (χ0) is 13.8. The second-order valence-electron chi connectivity index (χ2n) is 4.99. The van der Waals surface area contributed by atoms with E-state index in [1.165, 1.54) is 6.42 Å². The normalized spacial score (nSPS) is 22.2. The number of hydrogen-bond acceptors (Lipinski definition) is 1. The first-order chi connectivity index (χ1) is 9.08. The van der Waals surface area contributed by atoms with E-state index < -0.39 is 0 Å². The van der Waals surface area contributed by atoms with Gasteiger partial charge < -0.3 is 10.6 Å². The summed E-state index contributed by atoms with van der Waals surface area (Å²) in [6.07, 6.45) is 2.09. The summed E-state index contributed by atoms with van der Waals surface area (Å²) in [6.45, 7) is 3.04. The predicted octanol–water partition coefficient (Wildman–Crippen LogP) is 3.11. The molecule has 0 aliphatic heterocycles. The maximum atomic E-state index is 5.97. The first kappa shape index (κ1) is 14.5. The molecule has 0 radical (unpaired) electrons. The second kappa shape index (κ2) is 6.49. The topological polar surface area (TPSA) is 36.4 Å². The van der Waals surface area contributed by atoms with Gasteiger partial charge in [0.25, 0.3) is 0 Å². The summed E-state index contributed by atoms with van der Waals surface area (Å²) >= 11 is 11.9. The molecule has 104 valence electrons. The van der Waals surface area contributed by atoms with Gasteiger partial charge in [0.2, 0.25) is 0 Å². The Labute approximate surface area is 124 Å². The Balaban J connectivity index is 1.78. The first-order valence-corrected chi connectivity index (χ1v) is 7.26. The van der Waals surface area contributed by atoms with Crippen molar-refractivity contribution in [2.24, 2.45) is 10.9 Å². The number of nitrogens with one attached hydrogen (secondary N) is 2. The minimum Gasteiger partial charge on any atom is -0.356 e. The summed E-state index contributed by atoms with van der Waals surface area (Å²) in [4.78, 5) is 4.21. The molecule has 1 aromatic rings.